The van der Waals surface area contributed by atoms with Crippen LogP contribution in [0.1, 0.15) is 24.1 Å². The highest BCUT2D eigenvalue weighted by molar-refractivity contribution is 7.13. The normalized spacial score (nSPS) is 14.8. The van der Waals surface area contributed by atoms with Gasteiger partial charge < -0.3 is 15.5 Å². The van der Waals surface area contributed by atoms with Crippen LogP contribution >= 0.6 is 11.3 Å². The molecule has 5 nitrogen and oxygen atoms in total. The zero-order valence-electron chi connectivity index (χ0n) is 14.9. The van der Waals surface area contributed by atoms with E-state index in [1.807, 2.05) is 13.1 Å². The Labute approximate surface area is 154 Å². The molecule has 1 aromatic carbocycles. The van der Waals surface area contributed by atoms with Gasteiger partial charge in [-0.1, -0.05) is 30.3 Å². The average molecular weight is 358 g/mol. The fourth-order valence-corrected chi connectivity index (χ4v) is 3.88. The van der Waals surface area contributed by atoms with Crippen molar-refractivity contribution in [3.63, 3.8) is 0 Å². The lowest BCUT2D eigenvalue weighted by molar-refractivity contribution is 0.777. The molecule has 1 aliphatic heterocycles. The average Bonchev–Trinajstić information content (AvgIpc) is 3.33. The van der Waals surface area contributed by atoms with E-state index in [0.29, 0.717) is 0 Å². The van der Waals surface area contributed by atoms with E-state index < -0.39 is 0 Å². The van der Waals surface area contributed by atoms with Crippen LogP contribution in [0.3, 0.4) is 0 Å². The maximum Gasteiger partial charge on any atom is 0.190 e. The molecule has 2 heterocycles. The molecule has 0 amide bonds. The van der Waals surface area contributed by atoms with Gasteiger partial charge in [-0.05, 0) is 24.8 Å². The number of aliphatic imine (C=N–C) groups is 1. The lowest BCUT2D eigenvalue weighted by Crippen LogP contribution is -2.39. The molecule has 2 aromatic rings. The number of nitrogens with one attached hydrogen (secondary N) is 2. The molecule has 0 spiro atoms. The minimum absolute atomic E-state index is 0.841. The Kier molecular flexibility index (Phi) is 6.68. The summed E-state index contributed by atoms with van der Waals surface area (Å²) in [6.45, 7) is 4.03. The summed E-state index contributed by atoms with van der Waals surface area (Å²) in [6.07, 6.45) is 4.50. The number of benzene rings is 1. The van der Waals surface area contributed by atoms with Crippen molar-refractivity contribution >= 4 is 22.4 Å². The molecule has 3 rings (SSSR count). The predicted molar refractivity (Wildman–Crippen MR) is 107 cm³/mol. The second-order valence-corrected chi connectivity index (χ2v) is 7.06. The molecule has 1 aliphatic rings. The highest BCUT2D eigenvalue weighted by atomic mass is 32.1. The van der Waals surface area contributed by atoms with Crippen LogP contribution in [0.2, 0.25) is 0 Å². The molecule has 0 bridgehead atoms. The largest absolute Gasteiger partial charge is 0.356 e. The monoisotopic (exact) mass is 357 g/mol. The van der Waals surface area contributed by atoms with Gasteiger partial charge in [-0.3, -0.25) is 4.99 Å². The van der Waals surface area contributed by atoms with E-state index in [0.717, 1.165) is 45.0 Å². The van der Waals surface area contributed by atoms with Gasteiger partial charge in [0, 0.05) is 45.0 Å². The van der Waals surface area contributed by atoms with Crippen LogP contribution < -0.4 is 15.5 Å². The van der Waals surface area contributed by atoms with E-state index in [9.17, 15) is 0 Å². The van der Waals surface area contributed by atoms with Crippen molar-refractivity contribution in [2.45, 2.75) is 25.7 Å². The zero-order valence-corrected chi connectivity index (χ0v) is 15.7. The fraction of sp³-hybridized carbons (Fsp3) is 0.474. The van der Waals surface area contributed by atoms with Crippen molar-refractivity contribution in [3.05, 3.63) is 47.0 Å². The Balaban J connectivity index is 1.36. The topological polar surface area (TPSA) is 52.6 Å². The molecular formula is C19H27N5S. The van der Waals surface area contributed by atoms with Crippen molar-refractivity contribution in [2.75, 3.05) is 38.1 Å². The van der Waals surface area contributed by atoms with Gasteiger partial charge in [0.1, 0.15) is 0 Å². The minimum Gasteiger partial charge on any atom is -0.356 e. The van der Waals surface area contributed by atoms with E-state index >= 15 is 0 Å². The number of thiazole rings is 1. The third kappa shape index (κ3) is 5.46. The summed E-state index contributed by atoms with van der Waals surface area (Å²) in [5.74, 6) is 0.853. The Hall–Kier alpha value is -2.08. The third-order valence-corrected chi connectivity index (χ3v) is 5.31. The van der Waals surface area contributed by atoms with E-state index in [4.69, 9.17) is 4.98 Å². The van der Waals surface area contributed by atoms with E-state index in [-0.39, 0.29) is 0 Å². The predicted octanol–water partition coefficient (Wildman–Crippen LogP) is 2.69. The number of anilines is 1. The molecule has 1 saturated heterocycles. The van der Waals surface area contributed by atoms with Crippen LogP contribution in [-0.2, 0) is 12.8 Å². The summed E-state index contributed by atoms with van der Waals surface area (Å²) in [5.41, 5.74) is 2.50. The first-order chi connectivity index (χ1) is 12.3. The maximum atomic E-state index is 4.76. The SMILES string of the molecule is CN=C(NCCc1ccccc1)NCCc1csc(N2CCCC2)n1. The van der Waals surface area contributed by atoms with Gasteiger partial charge in [0.2, 0.25) is 0 Å². The number of guanidine groups is 1. The van der Waals surface area contributed by atoms with E-state index in [1.54, 1.807) is 11.3 Å². The van der Waals surface area contributed by atoms with Crippen molar-refractivity contribution in [3.8, 4) is 0 Å². The van der Waals surface area contributed by atoms with Gasteiger partial charge in [0.15, 0.2) is 11.1 Å². The first-order valence-corrected chi connectivity index (χ1v) is 9.91. The molecule has 134 valence electrons. The number of aromatic nitrogens is 1. The molecule has 0 unspecified atom stereocenters. The van der Waals surface area contributed by atoms with Crippen LogP contribution in [0, 0.1) is 0 Å². The molecule has 1 aromatic heterocycles. The highest BCUT2D eigenvalue weighted by Crippen LogP contribution is 2.24. The van der Waals surface area contributed by atoms with Crippen LogP contribution in [0.25, 0.3) is 0 Å². The molecule has 0 radical (unpaired) electrons. The quantitative estimate of drug-likeness (QED) is 0.591. The molecule has 0 atom stereocenters. The zero-order chi connectivity index (χ0) is 17.3. The first-order valence-electron chi connectivity index (χ1n) is 9.03. The Morgan fingerprint density at radius 2 is 1.84 bits per heavy atom. The first kappa shape index (κ1) is 17.7. The number of hydrogen-bond donors (Lipinski definition) is 2. The highest BCUT2D eigenvalue weighted by Gasteiger charge is 2.15. The maximum absolute atomic E-state index is 4.76. The molecule has 0 aliphatic carbocycles. The van der Waals surface area contributed by atoms with Crippen LogP contribution in [-0.4, -0.2) is 44.2 Å². The van der Waals surface area contributed by atoms with Gasteiger partial charge in [-0.25, -0.2) is 4.98 Å². The number of hydrogen-bond acceptors (Lipinski definition) is 4. The van der Waals surface area contributed by atoms with Crippen molar-refractivity contribution < 1.29 is 0 Å². The van der Waals surface area contributed by atoms with E-state index in [1.165, 1.54) is 29.2 Å². The van der Waals surface area contributed by atoms with Crippen molar-refractivity contribution in [1.29, 1.82) is 0 Å². The molecule has 25 heavy (non-hydrogen) atoms. The summed E-state index contributed by atoms with van der Waals surface area (Å²) in [6, 6.07) is 10.5. The van der Waals surface area contributed by atoms with Gasteiger partial charge in [0.05, 0.1) is 5.69 Å². The number of rotatable bonds is 7. The molecule has 6 heteroatoms. The second kappa shape index (κ2) is 9.42. The molecule has 0 saturated carbocycles. The minimum atomic E-state index is 0.841. The smallest absolute Gasteiger partial charge is 0.190 e. The Morgan fingerprint density at radius 3 is 2.56 bits per heavy atom. The van der Waals surface area contributed by atoms with Gasteiger partial charge >= 0.3 is 0 Å². The fourth-order valence-electron chi connectivity index (χ4n) is 2.96. The molecule has 2 N–H and O–H groups in total. The summed E-state index contributed by atoms with van der Waals surface area (Å²) in [5, 5.41) is 10.1. The van der Waals surface area contributed by atoms with Gasteiger partial charge in [0.25, 0.3) is 0 Å². The van der Waals surface area contributed by atoms with Crippen LogP contribution in [0.15, 0.2) is 40.7 Å². The van der Waals surface area contributed by atoms with Crippen molar-refractivity contribution in [1.82, 2.24) is 15.6 Å². The van der Waals surface area contributed by atoms with Crippen LogP contribution in [0.4, 0.5) is 5.13 Å². The lowest BCUT2D eigenvalue weighted by Gasteiger charge is -2.12. The second-order valence-electron chi connectivity index (χ2n) is 6.23. The lowest BCUT2D eigenvalue weighted by atomic mass is 10.1. The number of nitrogens with zero attached hydrogens (tertiary/aromatic N) is 3. The van der Waals surface area contributed by atoms with Crippen molar-refractivity contribution in [2.24, 2.45) is 4.99 Å². The molecular weight excluding hydrogens is 330 g/mol. The third-order valence-electron chi connectivity index (χ3n) is 4.36. The Bertz CT molecular complexity index is 661. The Morgan fingerprint density at radius 1 is 1.12 bits per heavy atom. The summed E-state index contributed by atoms with van der Waals surface area (Å²) in [7, 11) is 1.81. The van der Waals surface area contributed by atoms with Gasteiger partial charge in [-0.2, -0.15) is 0 Å². The summed E-state index contributed by atoms with van der Waals surface area (Å²) >= 11 is 1.76. The summed E-state index contributed by atoms with van der Waals surface area (Å²) in [4.78, 5) is 11.4. The van der Waals surface area contributed by atoms with Crippen LogP contribution in [0.5, 0.6) is 0 Å². The molecule has 1 fully saturated rings. The summed E-state index contributed by atoms with van der Waals surface area (Å²) < 4.78 is 0. The standard InChI is InChI=1S/C19H27N5S/c1-20-18(21-11-9-16-7-3-2-4-8-16)22-12-10-17-15-25-19(23-17)24-13-5-6-14-24/h2-4,7-8,15H,5-6,9-14H2,1H3,(H2,20,21,22). The van der Waals surface area contributed by atoms with E-state index in [2.05, 4.69) is 50.2 Å². The van der Waals surface area contributed by atoms with Gasteiger partial charge in [-0.15, -0.1) is 11.3 Å².